The highest BCUT2D eigenvalue weighted by Crippen LogP contribution is 2.31. The number of rotatable bonds is 5. The Morgan fingerprint density at radius 2 is 2.08 bits per heavy atom. The van der Waals surface area contributed by atoms with Gasteiger partial charge < -0.3 is 10.1 Å². The molecule has 132 valence electrons. The Hall–Kier alpha value is -2.79. The molecule has 1 atom stereocenters. The van der Waals surface area contributed by atoms with Gasteiger partial charge in [-0.05, 0) is 41.0 Å². The van der Waals surface area contributed by atoms with Crippen LogP contribution in [0.1, 0.15) is 16.7 Å². The molecular weight excluding hydrogens is 350 g/mol. The van der Waals surface area contributed by atoms with Crippen LogP contribution in [0.5, 0.6) is 5.75 Å². The fraction of sp³-hybridized carbons (Fsp3) is 0.200. The quantitative estimate of drug-likeness (QED) is 0.753. The Kier molecular flexibility index (Phi) is 4.63. The molecule has 1 aliphatic rings. The van der Waals surface area contributed by atoms with Gasteiger partial charge in [-0.1, -0.05) is 35.9 Å². The van der Waals surface area contributed by atoms with Crippen molar-refractivity contribution in [1.29, 1.82) is 0 Å². The number of fused-ring (bicyclic) bond motifs is 1. The number of ether oxygens (including phenoxy) is 1. The minimum Gasteiger partial charge on any atom is -0.480 e. The van der Waals surface area contributed by atoms with E-state index in [-0.39, 0.29) is 5.91 Å². The maximum absolute atomic E-state index is 12.5. The van der Waals surface area contributed by atoms with Crippen LogP contribution in [0.3, 0.4) is 0 Å². The normalized spacial score (nSPS) is 15.3. The highest BCUT2D eigenvalue weighted by Gasteiger charge is 2.29. The van der Waals surface area contributed by atoms with Crippen LogP contribution in [0.15, 0.2) is 60.9 Å². The summed E-state index contributed by atoms with van der Waals surface area (Å²) >= 11 is 6.00. The van der Waals surface area contributed by atoms with Gasteiger partial charge >= 0.3 is 0 Å². The largest absolute Gasteiger partial charge is 0.480 e. The Labute approximate surface area is 156 Å². The Balaban J connectivity index is 1.40. The third-order valence-electron chi connectivity index (χ3n) is 4.45. The van der Waals surface area contributed by atoms with Crippen LogP contribution < -0.4 is 10.1 Å². The van der Waals surface area contributed by atoms with Crippen molar-refractivity contribution >= 4 is 17.5 Å². The van der Waals surface area contributed by atoms with Crippen LogP contribution in [-0.4, -0.2) is 21.8 Å². The fourth-order valence-corrected chi connectivity index (χ4v) is 3.31. The van der Waals surface area contributed by atoms with Crippen LogP contribution in [-0.2, 0) is 24.3 Å². The van der Waals surface area contributed by atoms with Gasteiger partial charge in [0.25, 0.3) is 5.91 Å². The van der Waals surface area contributed by atoms with Crippen LogP contribution in [0, 0.1) is 0 Å². The van der Waals surface area contributed by atoms with Crippen molar-refractivity contribution in [2.24, 2.45) is 0 Å². The number of carbonyl (C=O) groups is 1. The number of hydrogen-bond acceptors (Lipinski definition) is 3. The van der Waals surface area contributed by atoms with E-state index in [2.05, 4.69) is 10.4 Å². The first-order valence-electron chi connectivity index (χ1n) is 8.46. The molecule has 0 aliphatic carbocycles. The molecule has 0 unspecified atom stereocenters. The van der Waals surface area contributed by atoms with Crippen molar-refractivity contribution in [3.8, 4) is 5.75 Å². The minimum atomic E-state index is -0.512. The summed E-state index contributed by atoms with van der Waals surface area (Å²) < 4.78 is 7.61. The molecule has 0 fully saturated rings. The molecule has 1 aliphatic heterocycles. The molecule has 6 heteroatoms. The van der Waals surface area contributed by atoms with Gasteiger partial charge in [-0.15, -0.1) is 0 Å². The van der Waals surface area contributed by atoms with Gasteiger partial charge in [0.15, 0.2) is 6.10 Å². The summed E-state index contributed by atoms with van der Waals surface area (Å²) in [6.45, 7) is 1.12. The zero-order valence-electron chi connectivity index (χ0n) is 14.1. The van der Waals surface area contributed by atoms with E-state index in [1.165, 1.54) is 0 Å². The standard InChI is InChI=1S/C20H18ClN3O2/c21-17-6-7-18-16(10-17)11-19(26-18)20(25)22-12-14-4-1-2-5-15(14)13-24-9-3-8-23-24/h1-10,19H,11-13H2,(H,22,25)/t19-/m1/s1. The monoisotopic (exact) mass is 367 g/mol. The van der Waals surface area contributed by atoms with Gasteiger partial charge in [-0.2, -0.15) is 5.10 Å². The molecule has 0 spiro atoms. The molecule has 0 saturated heterocycles. The molecule has 2 aromatic carbocycles. The van der Waals surface area contributed by atoms with Gasteiger partial charge in [0.2, 0.25) is 0 Å². The first kappa shape index (κ1) is 16.7. The maximum atomic E-state index is 12.5. The van der Waals surface area contributed by atoms with E-state index in [1.54, 1.807) is 12.3 Å². The van der Waals surface area contributed by atoms with Gasteiger partial charge in [-0.3, -0.25) is 9.48 Å². The summed E-state index contributed by atoms with van der Waals surface area (Å²) in [7, 11) is 0. The summed E-state index contributed by atoms with van der Waals surface area (Å²) in [5.74, 6) is 0.611. The van der Waals surface area contributed by atoms with Crippen molar-refractivity contribution < 1.29 is 9.53 Å². The van der Waals surface area contributed by atoms with Gasteiger partial charge in [-0.25, -0.2) is 0 Å². The lowest BCUT2D eigenvalue weighted by atomic mass is 10.1. The molecular formula is C20H18ClN3O2. The van der Waals surface area contributed by atoms with Crippen LogP contribution in [0.4, 0.5) is 0 Å². The smallest absolute Gasteiger partial charge is 0.261 e. The molecule has 0 radical (unpaired) electrons. The van der Waals surface area contributed by atoms with Crippen molar-refractivity contribution in [3.63, 3.8) is 0 Å². The predicted molar refractivity (Wildman–Crippen MR) is 99.2 cm³/mol. The number of amides is 1. The van der Waals surface area contributed by atoms with Gasteiger partial charge in [0.05, 0.1) is 6.54 Å². The van der Waals surface area contributed by atoms with E-state index in [9.17, 15) is 4.79 Å². The number of halogens is 1. The molecule has 3 aromatic rings. The average molecular weight is 368 g/mol. The second kappa shape index (κ2) is 7.22. The number of hydrogen-bond donors (Lipinski definition) is 1. The summed E-state index contributed by atoms with van der Waals surface area (Å²) in [5.41, 5.74) is 3.16. The molecule has 0 bridgehead atoms. The highest BCUT2D eigenvalue weighted by molar-refractivity contribution is 6.30. The summed E-state index contributed by atoms with van der Waals surface area (Å²) in [6.07, 6.45) is 3.70. The second-order valence-corrected chi connectivity index (χ2v) is 6.69. The van der Waals surface area contributed by atoms with Crippen LogP contribution in [0.25, 0.3) is 0 Å². The summed E-state index contributed by atoms with van der Waals surface area (Å²) in [5, 5.41) is 7.88. The topological polar surface area (TPSA) is 56.2 Å². The zero-order valence-corrected chi connectivity index (χ0v) is 14.8. The fourth-order valence-electron chi connectivity index (χ4n) is 3.11. The Morgan fingerprint density at radius 3 is 2.88 bits per heavy atom. The lowest BCUT2D eigenvalue weighted by molar-refractivity contribution is -0.127. The molecule has 0 saturated carbocycles. The maximum Gasteiger partial charge on any atom is 0.261 e. The van der Waals surface area contributed by atoms with E-state index in [0.717, 1.165) is 22.4 Å². The van der Waals surface area contributed by atoms with Crippen LogP contribution >= 0.6 is 11.6 Å². The number of benzene rings is 2. The van der Waals surface area contributed by atoms with E-state index < -0.39 is 6.10 Å². The SMILES string of the molecule is O=C(NCc1ccccc1Cn1cccn1)[C@H]1Cc2cc(Cl)ccc2O1. The van der Waals surface area contributed by atoms with Crippen molar-refractivity contribution in [3.05, 3.63) is 82.6 Å². The van der Waals surface area contributed by atoms with Crippen molar-refractivity contribution in [1.82, 2.24) is 15.1 Å². The average Bonchev–Trinajstić information content (AvgIpc) is 3.30. The lowest BCUT2D eigenvalue weighted by Gasteiger charge is -2.14. The molecule has 2 heterocycles. The predicted octanol–water partition coefficient (Wildman–Crippen LogP) is 3.20. The van der Waals surface area contributed by atoms with E-state index in [1.807, 2.05) is 53.3 Å². The highest BCUT2D eigenvalue weighted by atomic mass is 35.5. The van der Waals surface area contributed by atoms with E-state index in [4.69, 9.17) is 16.3 Å². The minimum absolute atomic E-state index is 0.119. The number of aromatic nitrogens is 2. The van der Waals surface area contributed by atoms with Crippen molar-refractivity contribution in [2.45, 2.75) is 25.6 Å². The van der Waals surface area contributed by atoms with Crippen molar-refractivity contribution in [2.75, 3.05) is 0 Å². The van der Waals surface area contributed by atoms with Gasteiger partial charge in [0, 0.05) is 30.4 Å². The summed E-state index contributed by atoms with van der Waals surface area (Å²) in [6, 6.07) is 15.4. The molecule has 1 aromatic heterocycles. The lowest BCUT2D eigenvalue weighted by Crippen LogP contribution is -2.37. The second-order valence-electron chi connectivity index (χ2n) is 6.25. The summed E-state index contributed by atoms with van der Waals surface area (Å²) in [4.78, 5) is 12.5. The first-order chi connectivity index (χ1) is 12.7. The number of nitrogens with one attached hydrogen (secondary N) is 1. The van der Waals surface area contributed by atoms with Crippen LogP contribution in [0.2, 0.25) is 5.02 Å². The number of carbonyl (C=O) groups excluding carboxylic acids is 1. The first-order valence-corrected chi connectivity index (χ1v) is 8.84. The molecule has 5 nitrogen and oxygen atoms in total. The molecule has 1 N–H and O–H groups in total. The molecule has 26 heavy (non-hydrogen) atoms. The molecule has 1 amide bonds. The Morgan fingerprint density at radius 1 is 1.23 bits per heavy atom. The zero-order chi connectivity index (χ0) is 17.9. The Bertz CT molecular complexity index is 925. The van der Waals surface area contributed by atoms with E-state index in [0.29, 0.717) is 24.5 Å². The van der Waals surface area contributed by atoms with E-state index >= 15 is 0 Å². The van der Waals surface area contributed by atoms with Gasteiger partial charge in [0.1, 0.15) is 5.75 Å². The third-order valence-corrected chi connectivity index (χ3v) is 4.69. The number of nitrogens with zero attached hydrogens (tertiary/aromatic N) is 2. The molecule has 4 rings (SSSR count). The third kappa shape index (κ3) is 3.58.